The fourth-order valence-electron chi connectivity index (χ4n) is 3.25. The van der Waals surface area contributed by atoms with Gasteiger partial charge in [-0.2, -0.15) is 0 Å². The van der Waals surface area contributed by atoms with Gasteiger partial charge in [0.05, 0.1) is 7.11 Å². The number of methoxy groups -OCH3 is 1. The molecule has 1 fully saturated rings. The van der Waals surface area contributed by atoms with Gasteiger partial charge in [-0.25, -0.2) is 4.79 Å². The lowest BCUT2D eigenvalue weighted by molar-refractivity contribution is -0.121. The summed E-state index contributed by atoms with van der Waals surface area (Å²) in [4.78, 5) is 35.6. The summed E-state index contributed by atoms with van der Waals surface area (Å²) >= 11 is 0. The van der Waals surface area contributed by atoms with Crippen molar-refractivity contribution < 1.29 is 19.1 Å². The summed E-state index contributed by atoms with van der Waals surface area (Å²) in [6.07, 6.45) is 6.59. The van der Waals surface area contributed by atoms with Gasteiger partial charge in [0, 0.05) is 37.7 Å². The zero-order chi connectivity index (χ0) is 20.9. The van der Waals surface area contributed by atoms with E-state index in [4.69, 9.17) is 4.74 Å². The Balaban J connectivity index is 1.48. The van der Waals surface area contributed by atoms with E-state index in [2.05, 4.69) is 21.3 Å². The molecule has 0 aromatic heterocycles. The standard InChI is InChI=1S/C21H32N4O4/c1-29-18-11-9-16(10-12-18)20(27)23-15-14-22-19(26)8-5-13-24-21(28)25-17-6-3-2-4-7-17/h9-12,17H,2-8,13-15H2,1H3,(H,22,26)(H,23,27)(H2,24,25,28). The number of hydrogen-bond acceptors (Lipinski definition) is 4. The van der Waals surface area contributed by atoms with Crippen LogP contribution in [0, 0.1) is 0 Å². The van der Waals surface area contributed by atoms with E-state index in [9.17, 15) is 14.4 Å². The van der Waals surface area contributed by atoms with Crippen LogP contribution in [0.4, 0.5) is 4.79 Å². The van der Waals surface area contributed by atoms with Crippen LogP contribution in [-0.4, -0.2) is 50.6 Å². The molecular formula is C21H32N4O4. The van der Waals surface area contributed by atoms with Crippen LogP contribution in [0.3, 0.4) is 0 Å². The molecule has 8 nitrogen and oxygen atoms in total. The van der Waals surface area contributed by atoms with E-state index < -0.39 is 0 Å². The Morgan fingerprint density at radius 2 is 1.62 bits per heavy atom. The van der Waals surface area contributed by atoms with Gasteiger partial charge in [0.1, 0.15) is 5.75 Å². The Bertz CT molecular complexity index is 657. The topological polar surface area (TPSA) is 109 Å². The average Bonchev–Trinajstić information content (AvgIpc) is 2.75. The van der Waals surface area contributed by atoms with E-state index in [-0.39, 0.29) is 23.9 Å². The first kappa shape index (κ1) is 22.5. The Kier molecular flexibility index (Phi) is 9.82. The van der Waals surface area contributed by atoms with Gasteiger partial charge < -0.3 is 26.0 Å². The van der Waals surface area contributed by atoms with Crippen LogP contribution in [0.15, 0.2) is 24.3 Å². The fraction of sp³-hybridized carbons (Fsp3) is 0.571. The summed E-state index contributed by atoms with van der Waals surface area (Å²) in [7, 11) is 1.57. The van der Waals surface area contributed by atoms with Crippen LogP contribution in [0.5, 0.6) is 5.75 Å². The van der Waals surface area contributed by atoms with Crippen LogP contribution >= 0.6 is 0 Å². The first-order valence-electron chi connectivity index (χ1n) is 10.3. The van der Waals surface area contributed by atoms with Gasteiger partial charge in [0.2, 0.25) is 5.91 Å². The quantitative estimate of drug-likeness (QED) is 0.447. The maximum atomic E-state index is 12.0. The molecule has 8 heteroatoms. The van der Waals surface area contributed by atoms with E-state index >= 15 is 0 Å². The van der Waals surface area contributed by atoms with Crippen LogP contribution < -0.4 is 26.0 Å². The molecule has 0 saturated heterocycles. The Hall–Kier alpha value is -2.77. The van der Waals surface area contributed by atoms with Crippen LogP contribution in [-0.2, 0) is 4.79 Å². The lowest BCUT2D eigenvalue weighted by Gasteiger charge is -2.22. The number of carbonyl (C=O) groups excluding carboxylic acids is 3. The summed E-state index contributed by atoms with van der Waals surface area (Å²) < 4.78 is 5.06. The third-order valence-electron chi connectivity index (χ3n) is 4.89. The second-order valence-corrected chi connectivity index (χ2v) is 7.17. The summed E-state index contributed by atoms with van der Waals surface area (Å²) in [5, 5.41) is 11.3. The molecule has 0 atom stereocenters. The molecule has 0 aliphatic heterocycles. The number of ether oxygens (including phenoxy) is 1. The molecule has 1 aromatic rings. The Morgan fingerprint density at radius 1 is 0.931 bits per heavy atom. The molecule has 0 spiro atoms. The molecule has 160 valence electrons. The molecule has 0 bridgehead atoms. The molecule has 4 N–H and O–H groups in total. The molecule has 2 rings (SSSR count). The second-order valence-electron chi connectivity index (χ2n) is 7.17. The minimum Gasteiger partial charge on any atom is -0.497 e. The highest BCUT2D eigenvalue weighted by atomic mass is 16.5. The molecule has 0 heterocycles. The van der Waals surface area contributed by atoms with E-state index in [0.29, 0.717) is 43.8 Å². The van der Waals surface area contributed by atoms with Crippen molar-refractivity contribution in [2.24, 2.45) is 0 Å². The van der Waals surface area contributed by atoms with Gasteiger partial charge in [-0.3, -0.25) is 9.59 Å². The third kappa shape index (κ3) is 8.85. The number of nitrogens with one attached hydrogen (secondary N) is 4. The monoisotopic (exact) mass is 404 g/mol. The molecule has 0 radical (unpaired) electrons. The van der Waals surface area contributed by atoms with Crippen molar-refractivity contribution >= 4 is 17.8 Å². The van der Waals surface area contributed by atoms with E-state index in [0.717, 1.165) is 12.8 Å². The molecule has 1 saturated carbocycles. The number of rotatable bonds is 10. The zero-order valence-corrected chi connectivity index (χ0v) is 17.1. The summed E-state index contributed by atoms with van der Waals surface area (Å²) in [5.41, 5.74) is 0.537. The highest BCUT2D eigenvalue weighted by molar-refractivity contribution is 5.94. The van der Waals surface area contributed by atoms with Crippen LogP contribution in [0.2, 0.25) is 0 Å². The van der Waals surface area contributed by atoms with Crippen molar-refractivity contribution in [1.82, 2.24) is 21.3 Å². The van der Waals surface area contributed by atoms with Crippen molar-refractivity contribution in [3.8, 4) is 5.75 Å². The predicted octanol–water partition coefficient (Wildman–Crippen LogP) is 1.95. The fourth-order valence-corrected chi connectivity index (χ4v) is 3.25. The zero-order valence-electron chi connectivity index (χ0n) is 17.1. The van der Waals surface area contributed by atoms with Gasteiger partial charge >= 0.3 is 6.03 Å². The molecular weight excluding hydrogens is 372 g/mol. The highest BCUT2D eigenvalue weighted by Gasteiger charge is 2.15. The van der Waals surface area contributed by atoms with Crippen molar-refractivity contribution in [2.75, 3.05) is 26.7 Å². The molecule has 1 aromatic carbocycles. The lowest BCUT2D eigenvalue weighted by atomic mass is 9.96. The maximum absolute atomic E-state index is 12.0. The summed E-state index contributed by atoms with van der Waals surface area (Å²) in [5.74, 6) is 0.392. The van der Waals surface area contributed by atoms with E-state index in [1.807, 2.05) is 0 Å². The van der Waals surface area contributed by atoms with Gasteiger partial charge in [-0.05, 0) is 43.5 Å². The average molecular weight is 405 g/mol. The number of amides is 4. The molecule has 0 unspecified atom stereocenters. The number of urea groups is 1. The van der Waals surface area contributed by atoms with Crippen LogP contribution in [0.25, 0.3) is 0 Å². The lowest BCUT2D eigenvalue weighted by Crippen LogP contribution is -2.43. The summed E-state index contributed by atoms with van der Waals surface area (Å²) in [6, 6.07) is 6.94. The maximum Gasteiger partial charge on any atom is 0.315 e. The van der Waals surface area contributed by atoms with Gasteiger partial charge in [-0.15, -0.1) is 0 Å². The Labute approximate surface area is 172 Å². The highest BCUT2D eigenvalue weighted by Crippen LogP contribution is 2.17. The van der Waals surface area contributed by atoms with Crippen molar-refractivity contribution in [3.05, 3.63) is 29.8 Å². The largest absolute Gasteiger partial charge is 0.497 e. The molecule has 1 aliphatic rings. The summed E-state index contributed by atoms with van der Waals surface area (Å²) in [6.45, 7) is 1.16. The van der Waals surface area contributed by atoms with E-state index in [1.165, 1.54) is 19.3 Å². The Morgan fingerprint density at radius 3 is 2.31 bits per heavy atom. The predicted molar refractivity (Wildman–Crippen MR) is 111 cm³/mol. The van der Waals surface area contributed by atoms with Gasteiger partial charge in [-0.1, -0.05) is 19.3 Å². The SMILES string of the molecule is COc1ccc(C(=O)NCCNC(=O)CCCNC(=O)NC2CCCCC2)cc1. The smallest absolute Gasteiger partial charge is 0.315 e. The molecule has 4 amide bonds. The first-order valence-corrected chi connectivity index (χ1v) is 10.3. The minimum absolute atomic E-state index is 0.0989. The molecule has 1 aliphatic carbocycles. The second kappa shape index (κ2) is 12.6. The van der Waals surface area contributed by atoms with Crippen molar-refractivity contribution in [3.63, 3.8) is 0 Å². The van der Waals surface area contributed by atoms with E-state index in [1.54, 1.807) is 31.4 Å². The van der Waals surface area contributed by atoms with Gasteiger partial charge in [0.15, 0.2) is 0 Å². The van der Waals surface area contributed by atoms with Crippen molar-refractivity contribution in [2.45, 2.75) is 51.0 Å². The molecule has 29 heavy (non-hydrogen) atoms. The minimum atomic E-state index is -0.199. The number of benzene rings is 1. The third-order valence-corrected chi connectivity index (χ3v) is 4.89. The first-order chi connectivity index (χ1) is 14.1. The number of carbonyl (C=O) groups is 3. The normalized spacial score (nSPS) is 14.0. The number of hydrogen-bond donors (Lipinski definition) is 4. The van der Waals surface area contributed by atoms with Crippen molar-refractivity contribution in [1.29, 1.82) is 0 Å². The van der Waals surface area contributed by atoms with Gasteiger partial charge in [0.25, 0.3) is 5.91 Å². The van der Waals surface area contributed by atoms with Crippen LogP contribution in [0.1, 0.15) is 55.3 Å².